The maximum absolute atomic E-state index is 11.5. The summed E-state index contributed by atoms with van der Waals surface area (Å²) < 4.78 is 8.47. The molecule has 0 saturated carbocycles. The number of anilines is 2. The molecule has 3 aromatic rings. The molecule has 4 heterocycles. The van der Waals surface area contributed by atoms with E-state index in [2.05, 4.69) is 19.9 Å². The molecule has 1 aliphatic rings. The van der Waals surface area contributed by atoms with Crippen molar-refractivity contribution < 1.29 is 20.1 Å². The number of nitrogen functional groups attached to an aromatic ring is 2. The Kier molecular flexibility index (Phi) is 8.40. The molecule has 0 bridgehead atoms. The van der Waals surface area contributed by atoms with Crippen LogP contribution in [0.25, 0.3) is 11.2 Å². The molecular formula is C18H26N8O6S. The Morgan fingerprint density at radius 2 is 2.00 bits per heavy atom. The van der Waals surface area contributed by atoms with Crippen LogP contribution >= 0.6 is 11.8 Å². The van der Waals surface area contributed by atoms with E-state index in [1.807, 2.05) is 0 Å². The predicted octanol–water partition coefficient (Wildman–Crippen LogP) is -1.90. The molecule has 15 heteroatoms. The molecule has 3 aromatic heterocycles. The molecule has 180 valence electrons. The van der Waals surface area contributed by atoms with Gasteiger partial charge in [0.05, 0.1) is 12.9 Å². The lowest BCUT2D eigenvalue weighted by atomic mass is 10.1. The van der Waals surface area contributed by atoms with Gasteiger partial charge in [0.15, 0.2) is 11.2 Å². The van der Waals surface area contributed by atoms with Gasteiger partial charge >= 0.3 is 5.69 Å². The van der Waals surface area contributed by atoms with Crippen molar-refractivity contribution >= 4 is 34.7 Å². The molecule has 2 atom stereocenters. The highest BCUT2D eigenvalue weighted by Gasteiger charge is 2.27. The molecule has 0 aliphatic carbocycles. The highest BCUT2D eigenvalue weighted by molar-refractivity contribution is 8.00. The molecule has 1 fully saturated rings. The quantitative estimate of drug-likeness (QED) is 0.217. The monoisotopic (exact) mass is 482 g/mol. The van der Waals surface area contributed by atoms with Crippen LogP contribution < -0.4 is 22.7 Å². The smallest absolute Gasteiger partial charge is 0.351 e. The van der Waals surface area contributed by atoms with Gasteiger partial charge in [-0.15, -0.1) is 11.8 Å². The number of imidazole rings is 1. The highest BCUT2D eigenvalue weighted by Crippen LogP contribution is 2.30. The number of aromatic amines is 1. The number of ether oxygens (including phenoxy) is 1. The number of rotatable bonds is 7. The summed E-state index contributed by atoms with van der Waals surface area (Å²) in [7, 11) is 0. The van der Waals surface area contributed by atoms with Crippen LogP contribution in [0.2, 0.25) is 0 Å². The lowest BCUT2D eigenvalue weighted by Crippen LogP contribution is -2.28. The van der Waals surface area contributed by atoms with Crippen LogP contribution in [0.4, 0.5) is 11.8 Å². The van der Waals surface area contributed by atoms with Gasteiger partial charge in [-0.25, -0.2) is 9.78 Å². The first-order chi connectivity index (χ1) is 15.9. The van der Waals surface area contributed by atoms with E-state index in [4.69, 9.17) is 31.5 Å². The lowest BCUT2D eigenvalue weighted by Gasteiger charge is -2.13. The third-order valence-corrected chi connectivity index (χ3v) is 5.94. The van der Waals surface area contributed by atoms with Crippen molar-refractivity contribution in [2.24, 2.45) is 5.92 Å². The van der Waals surface area contributed by atoms with Gasteiger partial charge in [0.25, 0.3) is 5.56 Å². The molecule has 0 radical (unpaired) electrons. The fraction of sp³-hybridized carbons (Fsp3) is 0.500. The second-order valence-corrected chi connectivity index (χ2v) is 8.35. The van der Waals surface area contributed by atoms with Crippen LogP contribution in [0, 0.1) is 5.92 Å². The number of thioether (sulfide) groups is 1. The lowest BCUT2D eigenvalue weighted by molar-refractivity contribution is -0.00629. The zero-order chi connectivity index (χ0) is 24.0. The number of hydrogen-bond acceptors (Lipinski definition) is 12. The Balaban J connectivity index is 0.000000189. The number of nitrogens with one attached hydrogen (secondary N) is 1. The van der Waals surface area contributed by atoms with Gasteiger partial charge < -0.3 is 36.1 Å². The number of aliphatic hydroxyl groups is 3. The molecule has 4 rings (SSSR count). The van der Waals surface area contributed by atoms with Crippen molar-refractivity contribution in [2.75, 3.05) is 37.0 Å². The second-order valence-electron chi connectivity index (χ2n) is 7.16. The van der Waals surface area contributed by atoms with Gasteiger partial charge in [0.2, 0.25) is 5.95 Å². The minimum atomic E-state index is -0.431. The second kappa shape index (κ2) is 11.2. The van der Waals surface area contributed by atoms with Crippen molar-refractivity contribution in [3.63, 3.8) is 0 Å². The van der Waals surface area contributed by atoms with E-state index in [0.717, 1.165) is 0 Å². The first-order valence-electron chi connectivity index (χ1n) is 10.0. The zero-order valence-corrected chi connectivity index (χ0v) is 18.4. The average molecular weight is 483 g/mol. The average Bonchev–Trinajstić information content (AvgIpc) is 3.42. The van der Waals surface area contributed by atoms with Gasteiger partial charge in [0.1, 0.15) is 17.5 Å². The first-order valence-corrected chi connectivity index (χ1v) is 11.1. The van der Waals surface area contributed by atoms with E-state index in [-0.39, 0.29) is 60.2 Å². The zero-order valence-electron chi connectivity index (χ0n) is 17.6. The van der Waals surface area contributed by atoms with Crippen LogP contribution in [0.3, 0.4) is 0 Å². The molecule has 0 amide bonds. The van der Waals surface area contributed by atoms with Crippen molar-refractivity contribution in [2.45, 2.75) is 24.6 Å². The third-order valence-electron chi connectivity index (χ3n) is 4.83. The van der Waals surface area contributed by atoms with Gasteiger partial charge in [-0.1, -0.05) is 0 Å². The number of nitrogens with two attached hydrogens (primary N) is 2. The summed E-state index contributed by atoms with van der Waals surface area (Å²) in [5.41, 5.74) is 10.4. The largest absolute Gasteiger partial charge is 0.396 e. The number of fused-ring (bicyclic) bond motifs is 1. The molecule has 0 aromatic carbocycles. The fourth-order valence-electron chi connectivity index (χ4n) is 3.03. The maximum Gasteiger partial charge on any atom is 0.351 e. The summed E-state index contributed by atoms with van der Waals surface area (Å²) in [6, 6.07) is 1.54. The summed E-state index contributed by atoms with van der Waals surface area (Å²) in [5.74, 6) is 0.661. The van der Waals surface area contributed by atoms with Gasteiger partial charge in [-0.05, 0) is 12.5 Å². The molecule has 1 aliphatic heterocycles. The van der Waals surface area contributed by atoms with Crippen molar-refractivity contribution in [3.05, 3.63) is 39.4 Å². The van der Waals surface area contributed by atoms with E-state index in [0.29, 0.717) is 24.4 Å². The minimum absolute atomic E-state index is 0.0371. The molecule has 1 saturated heterocycles. The molecule has 14 nitrogen and oxygen atoms in total. The summed E-state index contributed by atoms with van der Waals surface area (Å²) in [5, 5.41) is 26.8. The SMILES string of the molecule is Nc1ccn([C@@H]2CS[C@H](CO)O2)c(=O)n1.Nc1nc2c(ncn2CCC(CO)CO)c(=O)[nH]1. The highest BCUT2D eigenvalue weighted by atomic mass is 32.2. The normalized spacial score (nSPS) is 17.9. The Hall–Kier alpha value is -2.98. The predicted molar refractivity (Wildman–Crippen MR) is 121 cm³/mol. The van der Waals surface area contributed by atoms with Crippen molar-refractivity contribution in [1.29, 1.82) is 0 Å². The number of H-pyrrole nitrogens is 1. The number of aliphatic hydroxyl groups excluding tert-OH is 3. The Morgan fingerprint density at radius 1 is 1.24 bits per heavy atom. The molecule has 0 unspecified atom stereocenters. The van der Waals surface area contributed by atoms with Crippen molar-refractivity contribution in [3.8, 4) is 0 Å². The van der Waals surface area contributed by atoms with Crippen LogP contribution in [0.15, 0.2) is 28.2 Å². The Labute approximate surface area is 191 Å². The topological polar surface area (TPSA) is 220 Å². The third kappa shape index (κ3) is 6.08. The standard InChI is InChI=1S/C10H15N5O3.C8H11N3O3S/c11-10-13-8-7(9(18)14-10)12-5-15(8)2-1-6(3-16)4-17;9-5-1-2-11(8(13)10-5)6-4-15-7(3-12)14-6/h5-6,16-17H,1-4H2,(H3,11,13,14,18);1-2,6-7,12H,3-4H2,(H2,9,10,13)/t;6-,7+/m.0/s1. The number of aryl methyl sites for hydroxylation is 1. The summed E-state index contributed by atoms with van der Waals surface area (Å²) in [4.78, 5) is 36.9. The van der Waals surface area contributed by atoms with Crippen molar-refractivity contribution in [1.82, 2.24) is 29.1 Å². The number of hydrogen-bond donors (Lipinski definition) is 6. The molecular weight excluding hydrogens is 456 g/mol. The minimum Gasteiger partial charge on any atom is -0.396 e. The summed E-state index contributed by atoms with van der Waals surface area (Å²) in [6.07, 6.45) is 3.24. The van der Waals surface area contributed by atoms with Crippen LogP contribution in [0.5, 0.6) is 0 Å². The van der Waals surface area contributed by atoms with E-state index >= 15 is 0 Å². The molecule has 0 spiro atoms. The van der Waals surface area contributed by atoms with Crippen LogP contribution in [-0.4, -0.2) is 75.4 Å². The van der Waals surface area contributed by atoms with Crippen LogP contribution in [-0.2, 0) is 11.3 Å². The molecule has 8 N–H and O–H groups in total. The van der Waals surface area contributed by atoms with E-state index < -0.39 is 5.69 Å². The van der Waals surface area contributed by atoms with Gasteiger partial charge in [-0.2, -0.15) is 9.97 Å². The number of aromatic nitrogens is 6. The molecule has 33 heavy (non-hydrogen) atoms. The first kappa shape index (κ1) is 24.7. The van der Waals surface area contributed by atoms with E-state index in [1.165, 1.54) is 22.7 Å². The maximum atomic E-state index is 11.5. The van der Waals surface area contributed by atoms with Gasteiger partial charge in [-0.3, -0.25) is 14.3 Å². The van der Waals surface area contributed by atoms with Crippen LogP contribution in [0.1, 0.15) is 12.6 Å². The van der Waals surface area contributed by atoms with E-state index in [9.17, 15) is 9.59 Å². The summed E-state index contributed by atoms with van der Waals surface area (Å²) in [6.45, 7) is 0.273. The summed E-state index contributed by atoms with van der Waals surface area (Å²) >= 11 is 1.47. The fourth-order valence-corrected chi connectivity index (χ4v) is 3.96. The number of nitrogens with zero attached hydrogens (tertiary/aromatic N) is 5. The Bertz CT molecular complexity index is 1180. The Morgan fingerprint density at radius 3 is 2.64 bits per heavy atom. The van der Waals surface area contributed by atoms with E-state index in [1.54, 1.807) is 16.8 Å². The van der Waals surface area contributed by atoms with Gasteiger partial charge in [0, 0.05) is 37.6 Å².